The maximum absolute atomic E-state index is 10.6. The molecule has 0 aromatic heterocycles. The van der Waals surface area contributed by atoms with E-state index in [1.807, 2.05) is 0 Å². The zero-order valence-corrected chi connectivity index (χ0v) is 11.7. The summed E-state index contributed by atoms with van der Waals surface area (Å²) in [6, 6.07) is 7.78. The zero-order valence-electron chi connectivity index (χ0n) is 11.7. The molecule has 2 aromatic rings. The number of hydrogen-bond donors (Lipinski definition) is 2. The van der Waals surface area contributed by atoms with Gasteiger partial charge in [-0.3, -0.25) is 20.2 Å². The van der Waals surface area contributed by atoms with Gasteiger partial charge >= 0.3 is 0 Å². The minimum atomic E-state index is -0.602. The van der Waals surface area contributed by atoms with Crippen LogP contribution in [0.25, 0.3) is 0 Å². The first-order chi connectivity index (χ1) is 10.9. The standard InChI is InChI=1S/C13H12N4O6/c14-10-5-8(1-3-12(10)16(18)19)22-7-23-9-2-4-13(17(20)21)11(15)6-9/h1-6H,7,14-15H2. The van der Waals surface area contributed by atoms with Crippen LogP contribution in [-0.2, 0) is 0 Å². The van der Waals surface area contributed by atoms with Crippen LogP contribution in [0.2, 0.25) is 0 Å². The third kappa shape index (κ3) is 3.75. The summed E-state index contributed by atoms with van der Waals surface area (Å²) >= 11 is 0. The first-order valence-corrected chi connectivity index (χ1v) is 6.22. The largest absolute Gasteiger partial charge is 0.457 e. The molecule has 10 nitrogen and oxygen atoms in total. The lowest BCUT2D eigenvalue weighted by atomic mass is 10.2. The van der Waals surface area contributed by atoms with Crippen molar-refractivity contribution in [1.29, 1.82) is 0 Å². The highest BCUT2D eigenvalue weighted by Crippen LogP contribution is 2.27. The van der Waals surface area contributed by atoms with Crippen molar-refractivity contribution in [2.75, 3.05) is 18.3 Å². The van der Waals surface area contributed by atoms with Gasteiger partial charge in [-0.15, -0.1) is 0 Å². The first-order valence-electron chi connectivity index (χ1n) is 6.22. The van der Waals surface area contributed by atoms with Crippen molar-refractivity contribution in [1.82, 2.24) is 0 Å². The van der Waals surface area contributed by atoms with Gasteiger partial charge in [0, 0.05) is 24.3 Å². The molecule has 0 unspecified atom stereocenters. The van der Waals surface area contributed by atoms with Crippen molar-refractivity contribution in [3.63, 3.8) is 0 Å². The van der Waals surface area contributed by atoms with Crippen LogP contribution in [0.3, 0.4) is 0 Å². The Labute approximate surface area is 129 Å². The van der Waals surface area contributed by atoms with Gasteiger partial charge in [-0.05, 0) is 12.1 Å². The fourth-order valence-corrected chi connectivity index (χ4v) is 1.74. The Morgan fingerprint density at radius 2 is 1.22 bits per heavy atom. The van der Waals surface area contributed by atoms with Gasteiger partial charge < -0.3 is 20.9 Å². The second-order valence-corrected chi connectivity index (χ2v) is 4.36. The van der Waals surface area contributed by atoms with E-state index in [2.05, 4.69) is 0 Å². The normalized spacial score (nSPS) is 10.1. The lowest BCUT2D eigenvalue weighted by Gasteiger charge is -2.09. The first kappa shape index (κ1) is 15.8. The van der Waals surface area contributed by atoms with E-state index < -0.39 is 9.85 Å². The molecule has 2 rings (SSSR count). The van der Waals surface area contributed by atoms with Crippen LogP contribution in [-0.4, -0.2) is 16.6 Å². The number of nitrogens with zero attached hydrogens (tertiary/aromatic N) is 2. The van der Waals surface area contributed by atoms with Crippen molar-refractivity contribution in [2.24, 2.45) is 0 Å². The number of rotatable bonds is 6. The predicted molar refractivity (Wildman–Crippen MR) is 81.1 cm³/mol. The average molecular weight is 320 g/mol. The summed E-state index contributed by atoms with van der Waals surface area (Å²) in [5.41, 5.74) is 10.5. The number of nitrogens with two attached hydrogens (primary N) is 2. The molecule has 0 saturated carbocycles. The number of benzene rings is 2. The quantitative estimate of drug-likeness (QED) is 0.354. The molecule has 0 fully saturated rings. The van der Waals surface area contributed by atoms with Gasteiger partial charge in [-0.1, -0.05) is 0 Å². The summed E-state index contributed by atoms with van der Waals surface area (Å²) in [7, 11) is 0. The third-order valence-corrected chi connectivity index (χ3v) is 2.84. The van der Waals surface area contributed by atoms with E-state index in [1.165, 1.54) is 36.4 Å². The molecule has 0 radical (unpaired) electrons. The Bertz CT molecular complexity index is 701. The zero-order chi connectivity index (χ0) is 17.0. The minimum Gasteiger partial charge on any atom is -0.457 e. The van der Waals surface area contributed by atoms with Crippen molar-refractivity contribution in [3.8, 4) is 11.5 Å². The van der Waals surface area contributed by atoms with Gasteiger partial charge in [-0.2, -0.15) is 0 Å². The molecule has 0 spiro atoms. The Morgan fingerprint density at radius 3 is 1.52 bits per heavy atom. The molecular formula is C13H12N4O6. The molecule has 0 aliphatic heterocycles. The van der Waals surface area contributed by atoms with Gasteiger partial charge in [0.1, 0.15) is 22.9 Å². The van der Waals surface area contributed by atoms with Gasteiger partial charge in [0.2, 0.25) is 6.79 Å². The summed E-state index contributed by atoms with van der Waals surface area (Å²) in [4.78, 5) is 20.1. The molecule has 0 heterocycles. The lowest BCUT2D eigenvalue weighted by Crippen LogP contribution is -2.07. The molecule has 0 aliphatic carbocycles. The van der Waals surface area contributed by atoms with E-state index in [0.717, 1.165) is 0 Å². The Kier molecular flexibility index (Phi) is 4.45. The van der Waals surface area contributed by atoms with Crippen LogP contribution in [0.4, 0.5) is 22.7 Å². The highest BCUT2D eigenvalue weighted by atomic mass is 16.7. The molecule has 0 bridgehead atoms. The molecule has 0 atom stereocenters. The van der Waals surface area contributed by atoms with E-state index in [0.29, 0.717) is 0 Å². The van der Waals surface area contributed by atoms with Crippen molar-refractivity contribution in [3.05, 3.63) is 56.6 Å². The van der Waals surface area contributed by atoms with E-state index >= 15 is 0 Å². The Hall–Kier alpha value is -3.56. The van der Waals surface area contributed by atoms with Gasteiger partial charge in [0.15, 0.2) is 0 Å². The van der Waals surface area contributed by atoms with E-state index in [4.69, 9.17) is 20.9 Å². The SMILES string of the molecule is Nc1cc(OCOc2ccc([N+](=O)[O-])c(N)c2)ccc1[N+](=O)[O-]. The second kappa shape index (κ2) is 6.47. The lowest BCUT2D eigenvalue weighted by molar-refractivity contribution is -0.384. The third-order valence-electron chi connectivity index (χ3n) is 2.84. The topological polar surface area (TPSA) is 157 Å². The summed E-state index contributed by atoms with van der Waals surface area (Å²) in [5, 5.41) is 21.3. The number of nitro groups is 2. The Balaban J connectivity index is 1.97. The van der Waals surface area contributed by atoms with Crippen LogP contribution < -0.4 is 20.9 Å². The van der Waals surface area contributed by atoms with Gasteiger partial charge in [0.25, 0.3) is 11.4 Å². The van der Waals surface area contributed by atoms with Crippen LogP contribution in [0.15, 0.2) is 36.4 Å². The number of nitrogen functional groups attached to an aromatic ring is 2. The van der Waals surface area contributed by atoms with Crippen LogP contribution in [0.5, 0.6) is 11.5 Å². The average Bonchev–Trinajstić information content (AvgIpc) is 2.46. The summed E-state index contributed by atoms with van der Waals surface area (Å²) < 4.78 is 10.5. The molecular weight excluding hydrogens is 308 g/mol. The number of anilines is 2. The van der Waals surface area contributed by atoms with Crippen molar-refractivity contribution in [2.45, 2.75) is 0 Å². The molecule has 0 saturated heterocycles. The van der Waals surface area contributed by atoms with Crippen LogP contribution in [0, 0.1) is 20.2 Å². The number of nitro benzene ring substituents is 2. The molecule has 23 heavy (non-hydrogen) atoms. The van der Waals surface area contributed by atoms with Crippen LogP contribution in [0.1, 0.15) is 0 Å². The molecule has 2 aromatic carbocycles. The highest BCUT2D eigenvalue weighted by Gasteiger charge is 2.13. The van der Waals surface area contributed by atoms with Crippen molar-refractivity contribution < 1.29 is 19.3 Å². The summed E-state index contributed by atoms with van der Waals surface area (Å²) in [5.74, 6) is 0.561. The van der Waals surface area contributed by atoms with Gasteiger partial charge in [-0.25, -0.2) is 0 Å². The monoisotopic (exact) mass is 320 g/mol. The van der Waals surface area contributed by atoms with Crippen LogP contribution >= 0.6 is 0 Å². The maximum atomic E-state index is 10.6. The molecule has 10 heteroatoms. The van der Waals surface area contributed by atoms with E-state index in [9.17, 15) is 20.2 Å². The molecule has 4 N–H and O–H groups in total. The number of ether oxygens (including phenoxy) is 2. The maximum Gasteiger partial charge on any atom is 0.292 e. The van der Waals surface area contributed by atoms with Crippen molar-refractivity contribution >= 4 is 22.7 Å². The molecule has 0 amide bonds. The molecule has 0 aliphatic rings. The fraction of sp³-hybridized carbons (Fsp3) is 0.0769. The molecule has 120 valence electrons. The predicted octanol–water partition coefficient (Wildman–Crippen LogP) is 2.08. The van der Waals surface area contributed by atoms with Gasteiger partial charge in [0.05, 0.1) is 9.85 Å². The minimum absolute atomic E-state index is 0.0351. The number of hydrogen-bond acceptors (Lipinski definition) is 8. The fourth-order valence-electron chi connectivity index (χ4n) is 1.74. The summed E-state index contributed by atoms with van der Waals surface area (Å²) in [6.07, 6.45) is 0. The second-order valence-electron chi connectivity index (χ2n) is 4.36. The highest BCUT2D eigenvalue weighted by molar-refractivity contribution is 5.61. The summed E-state index contributed by atoms with van der Waals surface area (Å²) in [6.45, 7) is -0.228. The Morgan fingerprint density at radius 1 is 0.826 bits per heavy atom. The van der Waals surface area contributed by atoms with E-state index in [1.54, 1.807) is 0 Å². The smallest absolute Gasteiger partial charge is 0.292 e. The van der Waals surface area contributed by atoms with E-state index in [-0.39, 0.29) is 41.0 Å².